The summed E-state index contributed by atoms with van der Waals surface area (Å²) in [5.74, 6) is -0.727. The van der Waals surface area contributed by atoms with Gasteiger partial charge in [0.05, 0.1) is 17.7 Å². The van der Waals surface area contributed by atoms with Crippen molar-refractivity contribution in [3.05, 3.63) is 72.1 Å². The predicted molar refractivity (Wildman–Crippen MR) is 124 cm³/mol. The number of nitrogens with zero attached hydrogens (tertiary/aromatic N) is 3. The highest BCUT2D eigenvalue weighted by atomic mass is 32.1. The van der Waals surface area contributed by atoms with Gasteiger partial charge in [0.15, 0.2) is 0 Å². The molecule has 3 heterocycles. The SMILES string of the molecule is Cn1cc(C2=C(c3cn(CCCN=S)c4ccccc34)C(=O)NC2=O)c2ccccc21. The van der Waals surface area contributed by atoms with Crippen LogP contribution in [0.15, 0.2) is 65.3 Å². The molecule has 0 fully saturated rings. The zero-order chi connectivity index (χ0) is 21.5. The molecule has 154 valence electrons. The Hall–Kier alpha value is -3.58. The van der Waals surface area contributed by atoms with Crippen LogP contribution in [0.5, 0.6) is 0 Å². The summed E-state index contributed by atoms with van der Waals surface area (Å²) in [7, 11) is 1.94. The molecule has 0 saturated carbocycles. The quantitative estimate of drug-likeness (QED) is 0.375. The van der Waals surface area contributed by atoms with E-state index in [-0.39, 0.29) is 11.8 Å². The van der Waals surface area contributed by atoms with Crippen molar-refractivity contribution in [1.29, 1.82) is 0 Å². The van der Waals surface area contributed by atoms with Gasteiger partial charge in [0.2, 0.25) is 0 Å². The first-order valence-electron chi connectivity index (χ1n) is 10.1. The van der Waals surface area contributed by atoms with Crippen LogP contribution in [-0.4, -0.2) is 27.5 Å². The van der Waals surface area contributed by atoms with Crippen LogP contribution in [0, 0.1) is 0 Å². The summed E-state index contributed by atoms with van der Waals surface area (Å²) in [6.07, 6.45) is 4.69. The maximum Gasteiger partial charge on any atom is 0.259 e. The van der Waals surface area contributed by atoms with E-state index in [1.165, 1.54) is 0 Å². The van der Waals surface area contributed by atoms with E-state index in [1.807, 2.05) is 72.5 Å². The van der Waals surface area contributed by atoms with Gasteiger partial charge < -0.3 is 9.13 Å². The van der Waals surface area contributed by atoms with Crippen LogP contribution in [0.25, 0.3) is 33.0 Å². The zero-order valence-corrected chi connectivity index (χ0v) is 17.8. The molecule has 31 heavy (non-hydrogen) atoms. The van der Waals surface area contributed by atoms with Crippen LogP contribution in [0.3, 0.4) is 0 Å². The van der Waals surface area contributed by atoms with Gasteiger partial charge >= 0.3 is 0 Å². The Morgan fingerprint density at radius 1 is 0.871 bits per heavy atom. The van der Waals surface area contributed by atoms with Crippen LogP contribution >= 0.6 is 0 Å². The smallest absolute Gasteiger partial charge is 0.259 e. The van der Waals surface area contributed by atoms with E-state index in [9.17, 15) is 9.59 Å². The maximum absolute atomic E-state index is 13.0. The minimum absolute atomic E-state index is 0.363. The molecule has 0 aliphatic carbocycles. The van der Waals surface area contributed by atoms with Crippen molar-refractivity contribution in [3.63, 3.8) is 0 Å². The molecule has 5 rings (SSSR count). The Balaban J connectivity index is 1.77. The van der Waals surface area contributed by atoms with Crippen molar-refractivity contribution >= 4 is 57.2 Å². The summed E-state index contributed by atoms with van der Waals surface area (Å²) >= 11 is 4.71. The Bertz CT molecular complexity index is 1410. The Kier molecular flexibility index (Phi) is 4.75. The molecule has 0 unspecified atom stereocenters. The lowest BCUT2D eigenvalue weighted by Gasteiger charge is -2.03. The van der Waals surface area contributed by atoms with Crippen molar-refractivity contribution in [2.75, 3.05) is 6.54 Å². The molecule has 0 atom stereocenters. The number of aryl methyl sites for hydroxylation is 2. The van der Waals surface area contributed by atoms with Gasteiger partial charge in [-0.2, -0.15) is 0 Å². The molecule has 0 saturated heterocycles. The first-order chi connectivity index (χ1) is 15.1. The minimum Gasteiger partial charge on any atom is -0.350 e. The van der Waals surface area contributed by atoms with Crippen LogP contribution in [0.2, 0.25) is 0 Å². The fraction of sp³-hybridized carbons (Fsp3) is 0.167. The highest BCUT2D eigenvalue weighted by molar-refractivity contribution is 7.47. The van der Waals surface area contributed by atoms with E-state index in [0.717, 1.165) is 45.9 Å². The number of rotatable bonds is 6. The zero-order valence-electron chi connectivity index (χ0n) is 17.0. The summed E-state index contributed by atoms with van der Waals surface area (Å²) in [5.41, 5.74) is 4.38. The second-order valence-electron chi connectivity index (χ2n) is 7.66. The number of imide groups is 1. The molecule has 2 amide bonds. The lowest BCUT2D eigenvalue weighted by molar-refractivity contribution is -0.122. The number of para-hydroxylation sites is 2. The molecular formula is C24H20N4O2S. The van der Waals surface area contributed by atoms with Gasteiger partial charge in [-0.3, -0.25) is 14.9 Å². The standard InChI is InChI=1S/C24H20N4O2S/c1-27-13-17(15-7-2-4-9-19(15)27)21-22(24(30)26-23(21)29)18-14-28(12-6-11-25-31)20-10-5-3-8-16(18)20/h2-5,7-10,13-14H,6,11-12H2,1H3,(H,26,29,30). The van der Waals surface area contributed by atoms with E-state index in [0.29, 0.717) is 17.7 Å². The molecule has 7 heteroatoms. The minimum atomic E-state index is -0.364. The molecule has 4 aromatic rings. The molecule has 2 aromatic carbocycles. The second-order valence-corrected chi connectivity index (χ2v) is 7.92. The lowest BCUT2D eigenvalue weighted by Crippen LogP contribution is -2.22. The van der Waals surface area contributed by atoms with E-state index in [1.54, 1.807) is 0 Å². The number of fused-ring (bicyclic) bond motifs is 2. The topological polar surface area (TPSA) is 68.4 Å². The average Bonchev–Trinajstić information content (AvgIpc) is 3.39. The van der Waals surface area contributed by atoms with Crippen molar-refractivity contribution in [2.24, 2.45) is 11.4 Å². The van der Waals surface area contributed by atoms with Crippen molar-refractivity contribution < 1.29 is 9.59 Å². The molecule has 1 N–H and O–H groups in total. The largest absolute Gasteiger partial charge is 0.350 e. The summed E-state index contributed by atoms with van der Waals surface area (Å²) in [5, 5.41) is 4.40. The average molecular weight is 429 g/mol. The first-order valence-corrected chi connectivity index (χ1v) is 10.5. The highest BCUT2D eigenvalue weighted by Gasteiger charge is 2.35. The fourth-order valence-corrected chi connectivity index (χ4v) is 4.58. The summed E-state index contributed by atoms with van der Waals surface area (Å²) in [6, 6.07) is 15.8. The number of benzene rings is 2. The second kappa shape index (κ2) is 7.59. The summed E-state index contributed by atoms with van der Waals surface area (Å²) in [4.78, 5) is 25.9. The maximum atomic E-state index is 13.0. The van der Waals surface area contributed by atoms with E-state index in [4.69, 9.17) is 12.4 Å². The monoisotopic (exact) mass is 428 g/mol. The van der Waals surface area contributed by atoms with Crippen LogP contribution in [0.1, 0.15) is 17.5 Å². The van der Waals surface area contributed by atoms with Crippen molar-refractivity contribution in [2.45, 2.75) is 13.0 Å². The van der Waals surface area contributed by atoms with Crippen LogP contribution < -0.4 is 5.32 Å². The Morgan fingerprint density at radius 3 is 2.13 bits per heavy atom. The van der Waals surface area contributed by atoms with Gasteiger partial charge in [-0.25, -0.2) is 4.36 Å². The first kappa shape index (κ1) is 19.4. The Labute approximate surface area is 184 Å². The number of hydrogen-bond acceptors (Lipinski definition) is 4. The van der Waals surface area contributed by atoms with Gasteiger partial charge in [0.25, 0.3) is 11.8 Å². The Morgan fingerprint density at radius 2 is 1.45 bits per heavy atom. The third kappa shape index (κ3) is 3.09. The van der Waals surface area contributed by atoms with Gasteiger partial charge in [-0.05, 0) is 18.6 Å². The van der Waals surface area contributed by atoms with E-state index >= 15 is 0 Å². The van der Waals surface area contributed by atoms with Crippen molar-refractivity contribution in [1.82, 2.24) is 14.5 Å². The van der Waals surface area contributed by atoms with Crippen LogP contribution in [0.4, 0.5) is 0 Å². The van der Waals surface area contributed by atoms with Gasteiger partial charge in [-0.15, -0.1) is 0 Å². The third-order valence-electron chi connectivity index (χ3n) is 5.80. The summed E-state index contributed by atoms with van der Waals surface area (Å²) in [6.45, 7) is 1.33. The van der Waals surface area contributed by atoms with Gasteiger partial charge in [0.1, 0.15) is 0 Å². The number of amides is 2. The summed E-state index contributed by atoms with van der Waals surface area (Å²) < 4.78 is 7.85. The predicted octanol–water partition coefficient (Wildman–Crippen LogP) is 3.82. The number of nitrogens with one attached hydrogen (secondary N) is 1. The number of carbonyl (C=O) groups is 2. The normalized spacial score (nSPS) is 14.1. The molecule has 2 aromatic heterocycles. The third-order valence-corrected chi connectivity index (χ3v) is 5.99. The molecule has 0 radical (unpaired) electrons. The molecule has 1 aliphatic heterocycles. The molecule has 0 spiro atoms. The van der Waals surface area contributed by atoms with E-state index < -0.39 is 0 Å². The van der Waals surface area contributed by atoms with E-state index in [2.05, 4.69) is 14.2 Å². The number of hydrogen-bond donors (Lipinski definition) is 1. The van der Waals surface area contributed by atoms with Crippen molar-refractivity contribution in [3.8, 4) is 0 Å². The van der Waals surface area contributed by atoms with Gasteiger partial charge in [0, 0.05) is 71.3 Å². The molecule has 1 aliphatic rings. The molecule has 6 nitrogen and oxygen atoms in total. The molecular weight excluding hydrogens is 408 g/mol. The fourth-order valence-electron chi connectivity index (χ4n) is 4.45. The molecule has 0 bridgehead atoms. The van der Waals surface area contributed by atoms with Gasteiger partial charge in [-0.1, -0.05) is 36.4 Å². The van der Waals surface area contributed by atoms with Crippen LogP contribution in [-0.2, 0) is 35.6 Å². The number of carbonyl (C=O) groups excluding carboxylic acids is 2. The lowest BCUT2D eigenvalue weighted by atomic mass is 9.95. The highest BCUT2D eigenvalue weighted by Crippen LogP contribution is 2.38. The number of aromatic nitrogens is 2.